The molecule has 2 N–H and O–H groups in total. The average Bonchev–Trinajstić information content (AvgIpc) is 3.13. The van der Waals surface area contributed by atoms with Crippen molar-refractivity contribution in [1.29, 1.82) is 0 Å². The van der Waals surface area contributed by atoms with Crippen LogP contribution in [-0.4, -0.2) is 62.2 Å². The van der Waals surface area contributed by atoms with Gasteiger partial charge < -0.3 is 10.0 Å². The molecule has 0 unspecified atom stereocenters. The number of halogens is 4. The first-order valence-electron chi connectivity index (χ1n) is 14.5. The Morgan fingerprint density at radius 2 is 1.22 bits per heavy atom. The van der Waals surface area contributed by atoms with E-state index < -0.39 is 5.82 Å². The molecule has 0 bridgehead atoms. The number of hydrogen-bond donors (Lipinski definition) is 2. The van der Waals surface area contributed by atoms with Crippen LogP contribution in [0.1, 0.15) is 27.7 Å². The fourth-order valence-corrected chi connectivity index (χ4v) is 3.81. The second-order valence-electron chi connectivity index (χ2n) is 10.1. The van der Waals surface area contributed by atoms with E-state index in [1.165, 1.54) is 12.3 Å². The molecule has 0 amide bonds. The standard InChI is InChI=1S/C12H11ClN4O.C9H5ClFN3.C9H6ClN3O.C3H7NO/c1-8(2)17-18-10-6-11(13)15-16-12(10)9-4-3-5-14-7-9;10-8-4-7(11)9(14-13-8)6-2-1-3-12-5-6;10-8-4-7(14)9(13-12-8)6-2-1-3-11-5-6;1-3(2)4-5/h3-7H,1-2H3;1-5H;1-5H,(H,12,14);5H,1-2H3. The van der Waals surface area contributed by atoms with E-state index in [0.29, 0.717) is 34.0 Å². The molecule has 0 aromatic carbocycles. The summed E-state index contributed by atoms with van der Waals surface area (Å²) in [4.78, 5) is 28.5. The largest absolute Gasteiger partial charge is 0.411 e. The maximum Gasteiger partial charge on any atom is 0.209 e. The predicted octanol–water partition coefficient (Wildman–Crippen LogP) is 7.64. The lowest BCUT2D eigenvalue weighted by atomic mass is 10.2. The van der Waals surface area contributed by atoms with E-state index in [0.717, 1.165) is 17.3 Å². The third-order valence-corrected chi connectivity index (χ3v) is 6.11. The number of rotatable bonds is 5. The van der Waals surface area contributed by atoms with Crippen LogP contribution in [0, 0.1) is 5.82 Å². The van der Waals surface area contributed by atoms with Gasteiger partial charge in [0, 0.05) is 72.1 Å². The number of hydrogen-bond acceptors (Lipinski definition) is 13. The van der Waals surface area contributed by atoms with Crippen LogP contribution in [0.5, 0.6) is 5.75 Å². The Balaban J connectivity index is 0.000000195. The number of aromatic amines is 1. The summed E-state index contributed by atoms with van der Waals surface area (Å²) in [5.41, 5.74) is 4.33. The molecule has 262 valence electrons. The lowest BCUT2D eigenvalue weighted by molar-refractivity contribution is 0.318. The van der Waals surface area contributed by atoms with Crippen molar-refractivity contribution >= 4 is 46.2 Å². The molecule has 0 atom stereocenters. The molecule has 18 heteroatoms. The molecule has 51 heavy (non-hydrogen) atoms. The first-order chi connectivity index (χ1) is 24.5. The van der Waals surface area contributed by atoms with Gasteiger partial charge in [0.25, 0.3) is 0 Å². The van der Waals surface area contributed by atoms with Crippen molar-refractivity contribution in [3.8, 4) is 39.5 Å². The average molecular weight is 753 g/mol. The summed E-state index contributed by atoms with van der Waals surface area (Å²) >= 11 is 16.8. The summed E-state index contributed by atoms with van der Waals surface area (Å²) < 4.78 is 13.3. The van der Waals surface area contributed by atoms with Crippen LogP contribution < -0.4 is 10.3 Å². The number of nitrogens with one attached hydrogen (secondary N) is 1. The van der Waals surface area contributed by atoms with Crippen LogP contribution >= 0.6 is 34.8 Å². The first kappa shape index (κ1) is 39.7. The first-order valence-corrected chi connectivity index (χ1v) is 15.6. The van der Waals surface area contributed by atoms with Crippen molar-refractivity contribution in [2.24, 2.45) is 10.3 Å². The third-order valence-electron chi connectivity index (χ3n) is 5.54. The summed E-state index contributed by atoms with van der Waals surface area (Å²) in [5, 5.41) is 36.3. The van der Waals surface area contributed by atoms with Gasteiger partial charge in [0.1, 0.15) is 22.2 Å². The number of nitrogens with zero attached hydrogens (tertiary/aromatic N) is 10. The Kier molecular flexibility index (Phi) is 16.1. The van der Waals surface area contributed by atoms with Gasteiger partial charge in [-0.1, -0.05) is 45.1 Å². The lowest BCUT2D eigenvalue weighted by Crippen LogP contribution is -2.07. The predicted molar refractivity (Wildman–Crippen MR) is 194 cm³/mol. The zero-order valence-corrected chi connectivity index (χ0v) is 29.7. The van der Waals surface area contributed by atoms with Gasteiger partial charge in [-0.15, -0.1) is 20.4 Å². The number of pyridine rings is 3. The molecule has 0 radical (unpaired) electrons. The van der Waals surface area contributed by atoms with Crippen LogP contribution in [0.3, 0.4) is 0 Å². The zero-order chi connectivity index (χ0) is 37.2. The maximum atomic E-state index is 13.3. The minimum atomic E-state index is -0.502. The molecule has 0 aliphatic carbocycles. The fourth-order valence-electron chi connectivity index (χ4n) is 3.40. The van der Waals surface area contributed by atoms with Crippen molar-refractivity contribution in [2.45, 2.75) is 27.7 Å². The highest BCUT2D eigenvalue weighted by Crippen LogP contribution is 2.28. The highest BCUT2D eigenvalue weighted by atomic mass is 35.5. The maximum absolute atomic E-state index is 13.3. The highest BCUT2D eigenvalue weighted by molar-refractivity contribution is 6.30. The van der Waals surface area contributed by atoms with Gasteiger partial charge in [-0.2, -0.15) is 5.10 Å². The van der Waals surface area contributed by atoms with Gasteiger partial charge >= 0.3 is 0 Å². The molecule has 0 fully saturated rings. The van der Waals surface area contributed by atoms with Gasteiger partial charge in [0.15, 0.2) is 21.9 Å². The molecule has 0 aliphatic rings. The van der Waals surface area contributed by atoms with E-state index in [2.05, 4.69) is 55.9 Å². The van der Waals surface area contributed by atoms with Crippen LogP contribution in [0.2, 0.25) is 15.5 Å². The van der Waals surface area contributed by atoms with Gasteiger partial charge in [0.05, 0.1) is 11.4 Å². The summed E-state index contributed by atoms with van der Waals surface area (Å²) in [6.07, 6.45) is 9.68. The summed E-state index contributed by atoms with van der Waals surface area (Å²) in [7, 11) is 0. The van der Waals surface area contributed by atoms with Crippen molar-refractivity contribution in [3.05, 3.63) is 123 Å². The van der Waals surface area contributed by atoms with Crippen molar-refractivity contribution in [2.75, 3.05) is 0 Å². The normalized spacial score (nSPS) is 9.73. The second-order valence-corrected chi connectivity index (χ2v) is 11.3. The Bertz CT molecular complexity index is 2100. The van der Waals surface area contributed by atoms with E-state index in [1.54, 1.807) is 75.2 Å². The van der Waals surface area contributed by atoms with Gasteiger partial charge in [-0.3, -0.25) is 24.8 Å². The molecular weight excluding hydrogens is 724 g/mol. The van der Waals surface area contributed by atoms with Gasteiger partial charge in [-0.25, -0.2) is 4.39 Å². The zero-order valence-electron chi connectivity index (χ0n) is 27.4. The molecule has 6 aromatic rings. The van der Waals surface area contributed by atoms with E-state index in [4.69, 9.17) is 44.8 Å². The minimum Gasteiger partial charge on any atom is -0.411 e. The van der Waals surface area contributed by atoms with Crippen molar-refractivity contribution in [3.63, 3.8) is 0 Å². The molecule has 0 saturated carbocycles. The number of aromatic nitrogens is 9. The molecule has 6 aromatic heterocycles. The number of H-pyrrole nitrogens is 1. The quantitative estimate of drug-likeness (QED) is 0.1000. The topological polar surface area (TPSA) is 190 Å². The molecule has 0 spiro atoms. The smallest absolute Gasteiger partial charge is 0.209 e. The highest BCUT2D eigenvalue weighted by Gasteiger charge is 2.11. The van der Waals surface area contributed by atoms with Crippen molar-refractivity contribution < 1.29 is 14.4 Å². The molecule has 6 heterocycles. The summed E-state index contributed by atoms with van der Waals surface area (Å²) in [6.45, 7) is 7.11. The lowest BCUT2D eigenvalue weighted by Gasteiger charge is -2.05. The van der Waals surface area contributed by atoms with E-state index in [1.807, 2.05) is 26.0 Å². The Morgan fingerprint density at radius 3 is 1.67 bits per heavy atom. The summed E-state index contributed by atoms with van der Waals surface area (Å²) in [5.74, 6) is -0.0535. The van der Waals surface area contributed by atoms with Crippen molar-refractivity contribution in [1.82, 2.24) is 45.5 Å². The molecule has 0 aliphatic heterocycles. The Labute approximate surface area is 306 Å². The van der Waals surface area contributed by atoms with E-state index in [-0.39, 0.29) is 26.6 Å². The molecule has 6 rings (SSSR count). The van der Waals surface area contributed by atoms with Crippen LogP contribution in [0.25, 0.3) is 33.8 Å². The Hall–Kier alpha value is -5.77. The van der Waals surface area contributed by atoms with Crippen LogP contribution in [-0.2, 0) is 0 Å². The monoisotopic (exact) mass is 751 g/mol. The molecule has 0 saturated heterocycles. The molecular formula is C33H29Cl3FN11O3. The van der Waals surface area contributed by atoms with Gasteiger partial charge in [0.2, 0.25) is 5.43 Å². The van der Waals surface area contributed by atoms with Crippen LogP contribution in [0.4, 0.5) is 4.39 Å². The second kappa shape index (κ2) is 20.7. The molecule has 14 nitrogen and oxygen atoms in total. The minimum absolute atomic E-state index is 0.0372. The van der Waals surface area contributed by atoms with E-state index >= 15 is 0 Å². The summed E-state index contributed by atoms with van der Waals surface area (Å²) in [6, 6.07) is 14.6. The number of oxime groups is 2. The SMILES string of the molecule is CC(C)=NO.CC(C)=NOc1cc(Cl)nnc1-c1cccnc1.Fc1cc(Cl)nnc1-c1cccnc1.O=c1cc(Cl)[nH]nc1-c1cccnc1. The Morgan fingerprint density at radius 1 is 0.725 bits per heavy atom. The van der Waals surface area contributed by atoms with E-state index in [9.17, 15) is 9.18 Å². The third kappa shape index (κ3) is 13.6. The van der Waals surface area contributed by atoms with Gasteiger partial charge in [-0.05, 0) is 64.1 Å². The van der Waals surface area contributed by atoms with Crippen LogP contribution in [0.15, 0.2) is 107 Å². The fraction of sp³-hybridized carbons (Fsp3) is 0.121.